The number of aryl methyl sites for hydroxylation is 1. The first kappa shape index (κ1) is 17.5. The average Bonchev–Trinajstić information content (AvgIpc) is 2.78. The molecule has 0 saturated carbocycles. The Morgan fingerprint density at radius 2 is 2.00 bits per heavy atom. The monoisotopic (exact) mass is 312 g/mol. The van der Waals surface area contributed by atoms with Gasteiger partial charge in [-0.1, -0.05) is 13.8 Å². The number of aliphatic carboxylic acids is 1. The van der Waals surface area contributed by atoms with Crippen molar-refractivity contribution in [1.82, 2.24) is 10.6 Å². The van der Waals surface area contributed by atoms with Crippen LogP contribution in [0.15, 0.2) is 12.1 Å². The maximum atomic E-state index is 11.7. The summed E-state index contributed by atoms with van der Waals surface area (Å²) in [6.45, 7) is 7.01. The molecule has 2 amide bonds. The van der Waals surface area contributed by atoms with Crippen molar-refractivity contribution in [3.05, 3.63) is 21.9 Å². The fourth-order valence-electron chi connectivity index (χ4n) is 2.20. The van der Waals surface area contributed by atoms with Gasteiger partial charge in [-0.3, -0.25) is 4.79 Å². The fourth-order valence-corrected chi connectivity index (χ4v) is 3.03. The second kappa shape index (κ2) is 8.67. The molecule has 118 valence electrons. The number of nitrogens with one attached hydrogen (secondary N) is 2. The maximum absolute atomic E-state index is 11.7. The van der Waals surface area contributed by atoms with Crippen molar-refractivity contribution in [3.8, 4) is 0 Å². The van der Waals surface area contributed by atoms with Crippen molar-refractivity contribution < 1.29 is 14.7 Å². The van der Waals surface area contributed by atoms with Crippen LogP contribution in [0.2, 0.25) is 0 Å². The number of carboxylic acid groups (broad SMARTS) is 1. The number of hydrogen-bond donors (Lipinski definition) is 3. The van der Waals surface area contributed by atoms with Crippen molar-refractivity contribution in [2.45, 2.75) is 40.2 Å². The summed E-state index contributed by atoms with van der Waals surface area (Å²) in [6, 6.07) is 3.76. The molecular weight excluding hydrogens is 288 g/mol. The second-order valence-corrected chi connectivity index (χ2v) is 7.04. The third kappa shape index (κ3) is 7.70. The highest BCUT2D eigenvalue weighted by Crippen LogP contribution is 2.15. The van der Waals surface area contributed by atoms with E-state index >= 15 is 0 Å². The number of urea groups is 1. The van der Waals surface area contributed by atoms with Gasteiger partial charge in [0.05, 0.1) is 6.54 Å². The number of hydrogen-bond acceptors (Lipinski definition) is 3. The predicted molar refractivity (Wildman–Crippen MR) is 84.5 cm³/mol. The summed E-state index contributed by atoms with van der Waals surface area (Å²) in [4.78, 5) is 24.9. The fraction of sp³-hybridized carbons (Fsp3) is 0.600. The smallest absolute Gasteiger partial charge is 0.315 e. The largest absolute Gasteiger partial charge is 0.481 e. The zero-order valence-electron chi connectivity index (χ0n) is 12.8. The van der Waals surface area contributed by atoms with E-state index < -0.39 is 5.97 Å². The van der Waals surface area contributed by atoms with Gasteiger partial charge in [0.2, 0.25) is 0 Å². The summed E-state index contributed by atoms with van der Waals surface area (Å²) < 4.78 is 0. The number of carbonyl (C=O) groups excluding carboxylic acids is 1. The van der Waals surface area contributed by atoms with Crippen LogP contribution in [0.5, 0.6) is 0 Å². The molecule has 1 heterocycles. The highest BCUT2D eigenvalue weighted by Gasteiger charge is 2.16. The minimum Gasteiger partial charge on any atom is -0.481 e. The molecule has 0 saturated heterocycles. The number of thiophene rings is 1. The molecule has 21 heavy (non-hydrogen) atoms. The molecule has 1 aromatic rings. The van der Waals surface area contributed by atoms with Gasteiger partial charge in [-0.25, -0.2) is 4.79 Å². The number of carbonyl (C=O) groups is 2. The minimum atomic E-state index is -0.822. The molecular formula is C15H24N2O3S. The summed E-state index contributed by atoms with van der Waals surface area (Å²) in [5.41, 5.74) is 0. The Morgan fingerprint density at radius 3 is 2.52 bits per heavy atom. The van der Waals surface area contributed by atoms with E-state index in [4.69, 9.17) is 5.11 Å². The van der Waals surface area contributed by atoms with Crippen LogP contribution in [0.3, 0.4) is 0 Å². The standard InChI is InChI=1S/C15H24N2O3S/c1-10(2)6-12(7-14(18)19)8-16-15(20)17-9-13-5-4-11(3)21-13/h4-5,10,12H,6-9H2,1-3H3,(H,18,19)(H2,16,17,20). The van der Waals surface area contributed by atoms with E-state index in [1.807, 2.05) is 32.9 Å². The van der Waals surface area contributed by atoms with Gasteiger partial charge >= 0.3 is 12.0 Å². The SMILES string of the molecule is Cc1ccc(CNC(=O)NCC(CC(=O)O)CC(C)C)s1. The molecule has 0 aliphatic carbocycles. The molecule has 0 bridgehead atoms. The van der Waals surface area contributed by atoms with Gasteiger partial charge in [0.25, 0.3) is 0 Å². The van der Waals surface area contributed by atoms with Crippen LogP contribution in [0.1, 0.15) is 36.4 Å². The van der Waals surface area contributed by atoms with Crippen molar-refractivity contribution >= 4 is 23.3 Å². The quantitative estimate of drug-likeness (QED) is 0.690. The van der Waals surface area contributed by atoms with Gasteiger partial charge in [-0.2, -0.15) is 0 Å². The van der Waals surface area contributed by atoms with Crippen LogP contribution in [-0.2, 0) is 11.3 Å². The Hall–Kier alpha value is -1.56. The molecule has 0 aromatic carbocycles. The lowest BCUT2D eigenvalue weighted by Crippen LogP contribution is -2.38. The first-order valence-corrected chi connectivity index (χ1v) is 7.97. The van der Waals surface area contributed by atoms with E-state index in [1.54, 1.807) is 11.3 Å². The van der Waals surface area contributed by atoms with Crippen LogP contribution in [0.4, 0.5) is 4.79 Å². The van der Waals surface area contributed by atoms with Crippen molar-refractivity contribution in [2.24, 2.45) is 11.8 Å². The molecule has 1 aromatic heterocycles. The van der Waals surface area contributed by atoms with Gasteiger partial charge in [-0.05, 0) is 37.3 Å². The topological polar surface area (TPSA) is 78.4 Å². The summed E-state index contributed by atoms with van der Waals surface area (Å²) in [6.07, 6.45) is 0.874. The summed E-state index contributed by atoms with van der Waals surface area (Å²) in [7, 11) is 0. The van der Waals surface area contributed by atoms with Crippen LogP contribution in [0, 0.1) is 18.8 Å². The Bertz CT molecular complexity index is 471. The van der Waals surface area contributed by atoms with Crippen molar-refractivity contribution in [3.63, 3.8) is 0 Å². The van der Waals surface area contributed by atoms with E-state index in [0.29, 0.717) is 19.0 Å². The molecule has 0 spiro atoms. The highest BCUT2D eigenvalue weighted by molar-refractivity contribution is 7.11. The Balaban J connectivity index is 2.33. The highest BCUT2D eigenvalue weighted by atomic mass is 32.1. The van der Waals surface area contributed by atoms with Gasteiger partial charge in [0, 0.05) is 22.7 Å². The molecule has 3 N–H and O–H groups in total. The number of carboxylic acids is 1. The molecule has 0 fully saturated rings. The van der Waals surface area contributed by atoms with Crippen LogP contribution < -0.4 is 10.6 Å². The molecule has 1 unspecified atom stereocenters. The molecule has 0 aliphatic heterocycles. The molecule has 0 radical (unpaired) electrons. The third-order valence-corrected chi connectivity index (χ3v) is 4.04. The van der Waals surface area contributed by atoms with E-state index in [2.05, 4.69) is 10.6 Å². The van der Waals surface area contributed by atoms with Gasteiger partial charge in [0.15, 0.2) is 0 Å². The van der Waals surface area contributed by atoms with E-state index in [-0.39, 0.29) is 18.4 Å². The lowest BCUT2D eigenvalue weighted by molar-refractivity contribution is -0.138. The first-order valence-electron chi connectivity index (χ1n) is 7.15. The van der Waals surface area contributed by atoms with Gasteiger partial charge in [0.1, 0.15) is 0 Å². The Labute approximate surface area is 129 Å². The molecule has 0 aliphatic rings. The summed E-state index contributed by atoms with van der Waals surface area (Å²) in [5.74, 6) is -0.442. The molecule has 1 rings (SSSR count). The van der Waals surface area contributed by atoms with Gasteiger partial charge in [-0.15, -0.1) is 11.3 Å². The number of rotatable bonds is 8. The normalized spacial score (nSPS) is 12.2. The minimum absolute atomic E-state index is 0.0303. The Morgan fingerprint density at radius 1 is 1.29 bits per heavy atom. The first-order chi connectivity index (χ1) is 9.86. The zero-order valence-corrected chi connectivity index (χ0v) is 13.6. The summed E-state index contributed by atoms with van der Waals surface area (Å²) in [5, 5.41) is 14.4. The van der Waals surface area contributed by atoms with Crippen molar-refractivity contribution in [2.75, 3.05) is 6.54 Å². The van der Waals surface area contributed by atoms with Crippen LogP contribution in [0.25, 0.3) is 0 Å². The van der Waals surface area contributed by atoms with Crippen LogP contribution in [-0.4, -0.2) is 23.7 Å². The second-order valence-electron chi connectivity index (χ2n) is 5.67. The lowest BCUT2D eigenvalue weighted by Gasteiger charge is -2.17. The van der Waals surface area contributed by atoms with Crippen molar-refractivity contribution in [1.29, 1.82) is 0 Å². The molecule has 1 atom stereocenters. The van der Waals surface area contributed by atoms with E-state index in [1.165, 1.54) is 4.88 Å². The van der Waals surface area contributed by atoms with Crippen LogP contribution >= 0.6 is 11.3 Å². The Kier molecular flexibility index (Phi) is 7.22. The predicted octanol–water partition coefficient (Wildman–Crippen LogP) is 2.99. The summed E-state index contributed by atoms with van der Waals surface area (Å²) >= 11 is 1.65. The molecule has 5 nitrogen and oxygen atoms in total. The van der Waals surface area contributed by atoms with E-state index in [0.717, 1.165) is 11.3 Å². The maximum Gasteiger partial charge on any atom is 0.315 e. The number of amides is 2. The lowest BCUT2D eigenvalue weighted by atomic mass is 9.94. The average molecular weight is 312 g/mol. The molecule has 6 heteroatoms. The van der Waals surface area contributed by atoms with E-state index in [9.17, 15) is 9.59 Å². The zero-order chi connectivity index (χ0) is 15.8. The van der Waals surface area contributed by atoms with Gasteiger partial charge < -0.3 is 15.7 Å². The third-order valence-electron chi connectivity index (χ3n) is 3.04.